The molecule has 0 bridgehead atoms. The molecular weight excluding hydrogens is 512 g/mol. The third-order valence-electron chi connectivity index (χ3n) is 6.78. The van der Waals surface area contributed by atoms with Crippen molar-refractivity contribution in [3.63, 3.8) is 0 Å². The lowest BCUT2D eigenvalue weighted by Crippen LogP contribution is -2.56. The quantitative estimate of drug-likeness (QED) is 0.510. The molecule has 2 atom stereocenters. The van der Waals surface area contributed by atoms with E-state index in [1.165, 1.54) is 15.6 Å². The van der Waals surface area contributed by atoms with Gasteiger partial charge < -0.3 is 10.1 Å². The summed E-state index contributed by atoms with van der Waals surface area (Å²) >= 11 is 1.49. The van der Waals surface area contributed by atoms with Crippen LogP contribution >= 0.6 is 11.3 Å². The van der Waals surface area contributed by atoms with E-state index in [-0.39, 0.29) is 23.6 Å². The zero-order valence-electron chi connectivity index (χ0n) is 21.6. The molecule has 3 heterocycles. The average Bonchev–Trinajstić information content (AvgIpc) is 3.39. The fourth-order valence-electron chi connectivity index (χ4n) is 4.92. The summed E-state index contributed by atoms with van der Waals surface area (Å²) in [7, 11) is -3.63. The van der Waals surface area contributed by atoms with Gasteiger partial charge in [-0.25, -0.2) is 18.0 Å². The first-order chi connectivity index (χ1) is 17.7. The molecule has 2 aliphatic rings. The van der Waals surface area contributed by atoms with Gasteiger partial charge in [0.05, 0.1) is 23.1 Å². The molecule has 1 aromatic carbocycles. The van der Waals surface area contributed by atoms with Crippen molar-refractivity contribution >= 4 is 33.4 Å². The van der Waals surface area contributed by atoms with Crippen LogP contribution in [-0.4, -0.2) is 79.9 Å². The van der Waals surface area contributed by atoms with Gasteiger partial charge in [0.25, 0.3) is 0 Å². The van der Waals surface area contributed by atoms with Crippen molar-refractivity contribution in [3.8, 4) is 0 Å². The van der Waals surface area contributed by atoms with Crippen LogP contribution in [0.25, 0.3) is 0 Å². The highest BCUT2D eigenvalue weighted by molar-refractivity contribution is 7.89. The number of rotatable bonds is 8. The molecule has 2 amide bonds. The number of carbonyl (C=O) groups excluding carboxylic acids is 2. The molecule has 1 saturated heterocycles. The Kier molecular flexibility index (Phi) is 8.37. The molecule has 0 spiro atoms. The van der Waals surface area contributed by atoms with Crippen molar-refractivity contribution in [2.45, 2.75) is 44.7 Å². The average molecular weight is 547 g/mol. The third-order valence-corrected chi connectivity index (χ3v) is 9.51. The van der Waals surface area contributed by atoms with Gasteiger partial charge in [-0.1, -0.05) is 17.7 Å². The number of benzene rings is 1. The molecule has 0 saturated carbocycles. The van der Waals surface area contributed by atoms with E-state index in [1.807, 2.05) is 37.6 Å². The number of likely N-dealkylation sites (N-methyl/N-ethyl adjacent to an activating group) is 1. The van der Waals surface area contributed by atoms with Crippen LogP contribution < -0.4 is 5.32 Å². The Labute approximate surface area is 222 Å². The minimum atomic E-state index is -3.63. The molecule has 37 heavy (non-hydrogen) atoms. The minimum absolute atomic E-state index is 0.221. The maximum absolute atomic E-state index is 13.3. The predicted molar refractivity (Wildman–Crippen MR) is 143 cm³/mol. The molecule has 1 N–H and O–H groups in total. The van der Waals surface area contributed by atoms with Crippen LogP contribution in [-0.2, 0) is 19.6 Å². The number of hydrogen-bond acceptors (Lipinski definition) is 7. The number of urea groups is 1. The molecular formula is C26H34N4O5S2. The fourth-order valence-corrected chi connectivity index (χ4v) is 7.22. The van der Waals surface area contributed by atoms with Gasteiger partial charge in [0.15, 0.2) is 0 Å². The molecule has 0 radical (unpaired) electrons. The van der Waals surface area contributed by atoms with Crippen molar-refractivity contribution in [1.82, 2.24) is 19.4 Å². The van der Waals surface area contributed by atoms with Crippen molar-refractivity contribution in [1.29, 1.82) is 0 Å². The van der Waals surface area contributed by atoms with Gasteiger partial charge in [-0.15, -0.1) is 0 Å². The number of piperazine rings is 1. The lowest BCUT2D eigenvalue weighted by molar-refractivity contribution is -0.139. The number of nitrogens with one attached hydrogen (secondary N) is 1. The Morgan fingerprint density at radius 1 is 1.16 bits per heavy atom. The summed E-state index contributed by atoms with van der Waals surface area (Å²) in [5.41, 5.74) is 2.85. The van der Waals surface area contributed by atoms with Crippen LogP contribution in [0.2, 0.25) is 0 Å². The van der Waals surface area contributed by atoms with Crippen LogP contribution in [0.1, 0.15) is 37.9 Å². The van der Waals surface area contributed by atoms with E-state index in [4.69, 9.17) is 4.74 Å². The number of hydrogen-bond donors (Lipinski definition) is 1. The molecule has 1 aromatic heterocycles. The summed E-state index contributed by atoms with van der Waals surface area (Å²) in [6.45, 7) is 9.61. The zero-order valence-corrected chi connectivity index (χ0v) is 23.3. The standard InChI is InChI=1S/C26H34N4O5S2/c1-5-29-22(23(25(31)35-6-2)24(27-26(29)32)20-11-14-36-17-20)16-28-12-13-30(19(4)15-28)37(33,34)21-9-7-18(3)8-10-21/h7-11,14,17,19,24H,5-6,12-13,15-16H2,1-4H3,(H,27,32). The van der Waals surface area contributed by atoms with Gasteiger partial charge in [0.2, 0.25) is 10.0 Å². The van der Waals surface area contributed by atoms with Gasteiger partial charge >= 0.3 is 12.0 Å². The highest BCUT2D eigenvalue weighted by atomic mass is 32.2. The number of esters is 1. The SMILES string of the molecule is CCOC(=O)C1=C(CN2CCN(S(=O)(=O)c3ccc(C)cc3)C(C)C2)N(CC)C(=O)NC1c1ccsc1. The first-order valence-corrected chi connectivity index (χ1v) is 14.9. The second kappa shape index (κ2) is 11.3. The molecule has 9 nitrogen and oxygen atoms in total. The largest absolute Gasteiger partial charge is 0.463 e. The zero-order chi connectivity index (χ0) is 26.7. The second-order valence-corrected chi connectivity index (χ2v) is 11.9. The first kappa shape index (κ1) is 27.3. The Morgan fingerprint density at radius 2 is 1.89 bits per heavy atom. The summed E-state index contributed by atoms with van der Waals surface area (Å²) in [5, 5.41) is 6.79. The second-order valence-electron chi connectivity index (χ2n) is 9.28. The Morgan fingerprint density at radius 3 is 2.49 bits per heavy atom. The monoisotopic (exact) mass is 546 g/mol. The van der Waals surface area contributed by atoms with E-state index in [9.17, 15) is 18.0 Å². The Bertz CT molecular complexity index is 1260. The van der Waals surface area contributed by atoms with Gasteiger partial charge in [0, 0.05) is 44.5 Å². The van der Waals surface area contributed by atoms with E-state index in [1.54, 1.807) is 36.1 Å². The number of sulfonamides is 1. The third kappa shape index (κ3) is 5.59. The first-order valence-electron chi connectivity index (χ1n) is 12.5. The number of carbonyl (C=O) groups is 2. The summed E-state index contributed by atoms with van der Waals surface area (Å²) in [6.07, 6.45) is 0. The van der Waals surface area contributed by atoms with E-state index in [2.05, 4.69) is 10.2 Å². The molecule has 0 aliphatic carbocycles. The fraction of sp³-hybridized carbons (Fsp3) is 0.462. The molecule has 2 unspecified atom stereocenters. The minimum Gasteiger partial charge on any atom is -0.463 e. The van der Waals surface area contributed by atoms with E-state index in [0.717, 1.165) is 11.1 Å². The van der Waals surface area contributed by atoms with Crippen LogP contribution in [0.3, 0.4) is 0 Å². The van der Waals surface area contributed by atoms with Crippen LogP contribution in [0.5, 0.6) is 0 Å². The van der Waals surface area contributed by atoms with Crippen LogP contribution in [0, 0.1) is 6.92 Å². The van der Waals surface area contributed by atoms with Crippen LogP contribution in [0.15, 0.2) is 57.3 Å². The van der Waals surface area contributed by atoms with E-state index < -0.39 is 22.0 Å². The molecule has 200 valence electrons. The highest BCUT2D eigenvalue weighted by Gasteiger charge is 2.40. The number of amides is 2. The van der Waals surface area contributed by atoms with Gasteiger partial charge in [-0.05, 0) is 62.2 Å². The molecule has 2 aliphatic heterocycles. The van der Waals surface area contributed by atoms with E-state index in [0.29, 0.717) is 44.0 Å². The van der Waals surface area contributed by atoms with Crippen molar-refractivity contribution < 1.29 is 22.7 Å². The number of thiophene rings is 1. The van der Waals surface area contributed by atoms with Crippen molar-refractivity contribution in [2.75, 3.05) is 39.3 Å². The summed E-state index contributed by atoms with van der Waals surface area (Å²) in [4.78, 5) is 30.2. The Hall–Kier alpha value is -2.73. The molecule has 11 heteroatoms. The van der Waals surface area contributed by atoms with Gasteiger partial charge in [-0.2, -0.15) is 15.6 Å². The summed E-state index contributed by atoms with van der Waals surface area (Å²) in [5.74, 6) is -0.458. The van der Waals surface area contributed by atoms with Crippen LogP contribution in [0.4, 0.5) is 4.79 Å². The normalized spacial score (nSPS) is 21.7. The maximum atomic E-state index is 13.3. The van der Waals surface area contributed by atoms with Crippen molar-refractivity contribution in [3.05, 3.63) is 63.5 Å². The Balaban J connectivity index is 1.62. The predicted octanol–water partition coefficient (Wildman–Crippen LogP) is 3.35. The molecule has 1 fully saturated rings. The lowest BCUT2D eigenvalue weighted by Gasteiger charge is -2.42. The van der Waals surface area contributed by atoms with Crippen molar-refractivity contribution in [2.24, 2.45) is 0 Å². The lowest BCUT2D eigenvalue weighted by atomic mass is 9.96. The number of ether oxygens (including phenoxy) is 1. The van der Waals surface area contributed by atoms with E-state index >= 15 is 0 Å². The molecule has 2 aromatic rings. The topological polar surface area (TPSA) is 99.3 Å². The number of aryl methyl sites for hydroxylation is 1. The maximum Gasteiger partial charge on any atom is 0.338 e. The molecule has 4 rings (SSSR count). The summed E-state index contributed by atoms with van der Waals surface area (Å²) < 4.78 is 33.6. The smallest absolute Gasteiger partial charge is 0.338 e. The van der Waals surface area contributed by atoms with Gasteiger partial charge in [0.1, 0.15) is 0 Å². The van der Waals surface area contributed by atoms with Gasteiger partial charge in [-0.3, -0.25) is 9.80 Å². The highest BCUT2D eigenvalue weighted by Crippen LogP contribution is 2.33. The summed E-state index contributed by atoms with van der Waals surface area (Å²) in [6, 6.07) is 7.63. The number of nitrogens with zero attached hydrogens (tertiary/aromatic N) is 3.